The lowest BCUT2D eigenvalue weighted by Gasteiger charge is -2.30. The smallest absolute Gasteiger partial charge is 0.140 e. The van der Waals surface area contributed by atoms with E-state index in [1.807, 2.05) is 12.1 Å². The van der Waals surface area contributed by atoms with Crippen LogP contribution >= 0.6 is 15.9 Å². The second kappa shape index (κ2) is 6.80. The van der Waals surface area contributed by atoms with Gasteiger partial charge in [-0.15, -0.1) is 0 Å². The lowest BCUT2D eigenvalue weighted by molar-refractivity contribution is 0.0930. The van der Waals surface area contributed by atoms with Gasteiger partial charge >= 0.3 is 0 Å². The maximum Gasteiger partial charge on any atom is 0.140 e. The number of halogens is 1. The second-order valence-electron chi connectivity index (χ2n) is 6.80. The zero-order valence-corrected chi connectivity index (χ0v) is 15.4. The SMILES string of the molecule is N#Cc1cc(Br)ccc1OC1c2ccccc2CC1N1CCC(N)C1. The van der Waals surface area contributed by atoms with Crippen molar-refractivity contribution in [3.63, 3.8) is 0 Å². The summed E-state index contributed by atoms with van der Waals surface area (Å²) in [6.45, 7) is 1.91. The Morgan fingerprint density at radius 1 is 1.24 bits per heavy atom. The molecular weight excluding hydrogens is 378 g/mol. The normalized spacial score (nSPS) is 25.6. The molecule has 0 spiro atoms. The molecule has 1 saturated heterocycles. The van der Waals surface area contributed by atoms with Crippen LogP contribution in [0.1, 0.15) is 29.2 Å². The van der Waals surface area contributed by atoms with Gasteiger partial charge in [-0.2, -0.15) is 5.26 Å². The average Bonchev–Trinajstić information content (AvgIpc) is 3.20. The number of rotatable bonds is 3. The van der Waals surface area contributed by atoms with Crippen LogP contribution in [0.2, 0.25) is 0 Å². The highest BCUT2D eigenvalue weighted by molar-refractivity contribution is 9.10. The predicted molar refractivity (Wildman–Crippen MR) is 100 cm³/mol. The van der Waals surface area contributed by atoms with Crippen LogP contribution in [-0.2, 0) is 6.42 Å². The Bertz CT molecular complexity index is 832. The van der Waals surface area contributed by atoms with Gasteiger partial charge in [0, 0.05) is 23.6 Å². The molecule has 3 unspecified atom stereocenters. The molecule has 0 radical (unpaired) electrons. The van der Waals surface area contributed by atoms with Crippen LogP contribution in [0.25, 0.3) is 0 Å². The summed E-state index contributed by atoms with van der Waals surface area (Å²) in [5, 5.41) is 9.45. The molecule has 1 fully saturated rings. The number of nitrogens with zero attached hydrogens (tertiary/aromatic N) is 2. The molecule has 0 bridgehead atoms. The Morgan fingerprint density at radius 2 is 2.08 bits per heavy atom. The molecule has 25 heavy (non-hydrogen) atoms. The fraction of sp³-hybridized carbons (Fsp3) is 0.350. The van der Waals surface area contributed by atoms with Crippen molar-refractivity contribution in [1.29, 1.82) is 5.26 Å². The molecule has 4 nitrogen and oxygen atoms in total. The molecule has 2 aromatic rings. The Balaban J connectivity index is 1.68. The summed E-state index contributed by atoms with van der Waals surface area (Å²) in [6, 6.07) is 16.8. The molecule has 0 aromatic heterocycles. The van der Waals surface area contributed by atoms with Crippen molar-refractivity contribution >= 4 is 15.9 Å². The first-order chi connectivity index (χ1) is 12.2. The van der Waals surface area contributed by atoms with Crippen molar-refractivity contribution in [1.82, 2.24) is 4.90 Å². The number of nitrogens with two attached hydrogens (primary N) is 1. The maximum atomic E-state index is 9.45. The third-order valence-electron chi connectivity index (χ3n) is 5.18. The van der Waals surface area contributed by atoms with Crippen LogP contribution in [0.4, 0.5) is 0 Å². The van der Waals surface area contributed by atoms with Gasteiger partial charge in [-0.1, -0.05) is 40.2 Å². The topological polar surface area (TPSA) is 62.3 Å². The van der Waals surface area contributed by atoms with Crippen molar-refractivity contribution in [3.8, 4) is 11.8 Å². The van der Waals surface area contributed by atoms with Gasteiger partial charge in [0.1, 0.15) is 17.9 Å². The molecule has 0 amide bonds. The van der Waals surface area contributed by atoms with Crippen molar-refractivity contribution in [2.75, 3.05) is 13.1 Å². The van der Waals surface area contributed by atoms with Gasteiger partial charge in [0.05, 0.1) is 11.6 Å². The molecule has 128 valence electrons. The third kappa shape index (κ3) is 3.18. The molecule has 2 aromatic carbocycles. The van der Waals surface area contributed by atoms with Crippen LogP contribution in [-0.4, -0.2) is 30.1 Å². The lowest BCUT2D eigenvalue weighted by atomic mass is 10.1. The van der Waals surface area contributed by atoms with E-state index in [0.717, 1.165) is 30.4 Å². The number of likely N-dealkylation sites (tertiary alicyclic amines) is 1. The summed E-state index contributed by atoms with van der Waals surface area (Å²) in [4.78, 5) is 2.44. The number of benzene rings is 2. The first-order valence-electron chi connectivity index (χ1n) is 8.59. The van der Waals surface area contributed by atoms with E-state index in [0.29, 0.717) is 11.3 Å². The molecule has 5 heteroatoms. The van der Waals surface area contributed by atoms with Gasteiger partial charge in [-0.25, -0.2) is 0 Å². The van der Waals surface area contributed by atoms with Gasteiger partial charge in [-0.3, -0.25) is 4.90 Å². The van der Waals surface area contributed by atoms with E-state index < -0.39 is 0 Å². The number of hydrogen-bond donors (Lipinski definition) is 1. The predicted octanol–water partition coefficient (Wildman–Crippen LogP) is 3.40. The van der Waals surface area contributed by atoms with E-state index >= 15 is 0 Å². The summed E-state index contributed by atoms with van der Waals surface area (Å²) in [7, 11) is 0. The fourth-order valence-electron chi connectivity index (χ4n) is 3.95. The van der Waals surface area contributed by atoms with E-state index in [2.05, 4.69) is 51.2 Å². The van der Waals surface area contributed by atoms with Gasteiger partial charge in [0.25, 0.3) is 0 Å². The molecule has 2 aliphatic rings. The van der Waals surface area contributed by atoms with Crippen LogP contribution in [0.5, 0.6) is 5.75 Å². The van der Waals surface area contributed by atoms with Crippen molar-refractivity contribution in [3.05, 3.63) is 63.6 Å². The number of nitriles is 1. The number of ether oxygens (including phenoxy) is 1. The molecular formula is C20H20BrN3O. The second-order valence-corrected chi connectivity index (χ2v) is 7.72. The van der Waals surface area contributed by atoms with Crippen LogP contribution in [0, 0.1) is 11.3 Å². The molecule has 1 aliphatic carbocycles. The quantitative estimate of drug-likeness (QED) is 0.861. The van der Waals surface area contributed by atoms with E-state index in [4.69, 9.17) is 10.5 Å². The Kier molecular flexibility index (Phi) is 4.51. The minimum absolute atomic E-state index is 0.0743. The Labute approximate surface area is 156 Å². The van der Waals surface area contributed by atoms with E-state index in [9.17, 15) is 5.26 Å². The van der Waals surface area contributed by atoms with Gasteiger partial charge in [-0.05, 0) is 42.2 Å². The third-order valence-corrected chi connectivity index (χ3v) is 5.67. The fourth-order valence-corrected chi connectivity index (χ4v) is 4.31. The first kappa shape index (κ1) is 16.6. The van der Waals surface area contributed by atoms with Crippen molar-refractivity contribution in [2.45, 2.75) is 31.0 Å². The minimum Gasteiger partial charge on any atom is -0.483 e. The Morgan fingerprint density at radius 3 is 2.84 bits per heavy atom. The summed E-state index contributed by atoms with van der Waals surface area (Å²) < 4.78 is 7.29. The molecule has 2 N–H and O–H groups in total. The molecule has 0 saturated carbocycles. The number of fused-ring (bicyclic) bond motifs is 1. The zero-order valence-electron chi connectivity index (χ0n) is 13.9. The molecule has 3 atom stereocenters. The maximum absolute atomic E-state index is 9.45. The minimum atomic E-state index is -0.0743. The summed E-state index contributed by atoms with van der Waals surface area (Å²) >= 11 is 3.42. The Hall–Kier alpha value is -1.87. The molecule has 1 aliphatic heterocycles. The van der Waals surface area contributed by atoms with Gasteiger partial charge < -0.3 is 10.5 Å². The lowest BCUT2D eigenvalue weighted by Crippen LogP contribution is -2.40. The van der Waals surface area contributed by atoms with Crippen LogP contribution in [0.3, 0.4) is 0 Å². The van der Waals surface area contributed by atoms with E-state index in [1.54, 1.807) is 6.07 Å². The monoisotopic (exact) mass is 397 g/mol. The largest absolute Gasteiger partial charge is 0.483 e. The van der Waals surface area contributed by atoms with Crippen LogP contribution in [0.15, 0.2) is 46.9 Å². The highest BCUT2D eigenvalue weighted by Gasteiger charge is 2.40. The highest BCUT2D eigenvalue weighted by Crippen LogP contribution is 2.40. The first-order valence-corrected chi connectivity index (χ1v) is 9.39. The summed E-state index contributed by atoms with van der Waals surface area (Å²) in [5.74, 6) is 0.640. The average molecular weight is 398 g/mol. The van der Waals surface area contributed by atoms with Crippen molar-refractivity contribution in [2.24, 2.45) is 5.73 Å². The summed E-state index contributed by atoms with van der Waals surface area (Å²) in [6.07, 6.45) is 1.92. The van der Waals surface area contributed by atoms with Crippen molar-refractivity contribution < 1.29 is 4.74 Å². The number of hydrogen-bond acceptors (Lipinski definition) is 4. The van der Waals surface area contributed by atoms with Crippen LogP contribution < -0.4 is 10.5 Å². The summed E-state index contributed by atoms with van der Waals surface area (Å²) in [5.41, 5.74) is 9.23. The van der Waals surface area contributed by atoms with E-state index in [-0.39, 0.29) is 18.2 Å². The highest BCUT2D eigenvalue weighted by atomic mass is 79.9. The zero-order chi connectivity index (χ0) is 17.4. The van der Waals surface area contributed by atoms with E-state index in [1.165, 1.54) is 11.1 Å². The standard InChI is InChI=1S/C20H20BrN3O/c21-15-5-6-19(14(9-15)11-22)25-20-17-4-2-1-3-13(17)10-18(20)24-8-7-16(23)12-24/h1-6,9,16,18,20H,7-8,10,12,23H2. The van der Waals surface area contributed by atoms with Gasteiger partial charge in [0.15, 0.2) is 0 Å². The molecule has 4 rings (SSSR count). The molecule has 1 heterocycles. The van der Waals surface area contributed by atoms with Gasteiger partial charge in [0.2, 0.25) is 0 Å².